The summed E-state index contributed by atoms with van der Waals surface area (Å²) in [7, 11) is 0. The third-order valence-corrected chi connectivity index (χ3v) is 9.03. The Morgan fingerprint density at radius 1 is 1.00 bits per heavy atom. The summed E-state index contributed by atoms with van der Waals surface area (Å²) in [5, 5.41) is 3.06. The van der Waals surface area contributed by atoms with Crippen LogP contribution >= 0.6 is 0 Å². The van der Waals surface area contributed by atoms with Crippen molar-refractivity contribution in [1.29, 1.82) is 0 Å². The Morgan fingerprint density at radius 2 is 1.72 bits per heavy atom. The Balaban J connectivity index is 1.17. The lowest BCUT2D eigenvalue weighted by molar-refractivity contribution is 0.0873. The number of likely N-dealkylation sites (tertiary alicyclic amines) is 1. The Labute approximate surface area is 232 Å². The molecule has 2 saturated heterocycles. The van der Waals surface area contributed by atoms with E-state index in [4.69, 9.17) is 0 Å². The van der Waals surface area contributed by atoms with E-state index in [0.29, 0.717) is 35.6 Å². The van der Waals surface area contributed by atoms with E-state index in [1.165, 1.54) is 25.6 Å². The van der Waals surface area contributed by atoms with E-state index in [0.717, 1.165) is 57.4 Å². The SMILES string of the molecule is Cc1ncnc(C)c1C(=O)NCCC(C)N1CCC(N2C(=O)N(C3CCCCC3)CC2c2ccccn2)CC1. The molecule has 9 nitrogen and oxygen atoms in total. The lowest BCUT2D eigenvalue weighted by atomic mass is 9.94. The minimum atomic E-state index is -0.105. The van der Waals surface area contributed by atoms with Crippen molar-refractivity contribution in [3.8, 4) is 0 Å². The summed E-state index contributed by atoms with van der Waals surface area (Å²) < 4.78 is 0. The van der Waals surface area contributed by atoms with E-state index < -0.39 is 0 Å². The maximum Gasteiger partial charge on any atom is 0.321 e. The Morgan fingerprint density at radius 3 is 2.38 bits per heavy atom. The van der Waals surface area contributed by atoms with Gasteiger partial charge in [0.2, 0.25) is 0 Å². The molecule has 1 saturated carbocycles. The van der Waals surface area contributed by atoms with Gasteiger partial charge in [0.25, 0.3) is 5.91 Å². The number of urea groups is 1. The number of pyridine rings is 1. The first-order valence-corrected chi connectivity index (χ1v) is 14.7. The zero-order valence-corrected chi connectivity index (χ0v) is 23.7. The minimum Gasteiger partial charge on any atom is -0.352 e. The van der Waals surface area contributed by atoms with Gasteiger partial charge in [0.15, 0.2) is 0 Å². The third kappa shape index (κ3) is 6.08. The summed E-state index contributed by atoms with van der Waals surface area (Å²) in [6.07, 6.45) is 12.1. The van der Waals surface area contributed by atoms with Crippen LogP contribution in [0.25, 0.3) is 0 Å². The zero-order valence-electron chi connectivity index (χ0n) is 23.7. The topological polar surface area (TPSA) is 94.6 Å². The summed E-state index contributed by atoms with van der Waals surface area (Å²) in [6.45, 7) is 9.18. The van der Waals surface area contributed by atoms with Gasteiger partial charge < -0.3 is 20.0 Å². The molecule has 3 fully saturated rings. The molecule has 210 valence electrons. The summed E-state index contributed by atoms with van der Waals surface area (Å²) in [5.74, 6) is -0.105. The highest BCUT2D eigenvalue weighted by atomic mass is 16.2. The molecule has 1 aliphatic carbocycles. The molecule has 1 N–H and O–H groups in total. The number of piperidine rings is 1. The molecule has 5 rings (SSSR count). The zero-order chi connectivity index (χ0) is 27.4. The number of amides is 3. The third-order valence-electron chi connectivity index (χ3n) is 9.03. The maximum atomic E-state index is 13.8. The van der Waals surface area contributed by atoms with Gasteiger partial charge in [-0.25, -0.2) is 14.8 Å². The van der Waals surface area contributed by atoms with Crippen molar-refractivity contribution >= 4 is 11.9 Å². The predicted molar refractivity (Wildman–Crippen MR) is 150 cm³/mol. The molecule has 2 aromatic rings. The first kappa shape index (κ1) is 27.5. The van der Waals surface area contributed by atoms with Gasteiger partial charge in [-0.05, 0) is 65.0 Å². The highest BCUT2D eigenvalue weighted by Crippen LogP contribution is 2.37. The Hall–Kier alpha value is -3.07. The van der Waals surface area contributed by atoms with Gasteiger partial charge in [0.05, 0.1) is 28.7 Å². The molecule has 2 aliphatic heterocycles. The van der Waals surface area contributed by atoms with Crippen molar-refractivity contribution in [3.63, 3.8) is 0 Å². The fourth-order valence-corrected chi connectivity index (χ4v) is 6.74. The average Bonchev–Trinajstić information content (AvgIpc) is 3.31. The summed E-state index contributed by atoms with van der Waals surface area (Å²) in [6, 6.07) is 7.23. The molecule has 0 bridgehead atoms. The second-order valence-corrected chi connectivity index (χ2v) is 11.5. The van der Waals surface area contributed by atoms with Crippen LogP contribution in [0.5, 0.6) is 0 Å². The van der Waals surface area contributed by atoms with E-state index in [2.05, 4.69) is 48.0 Å². The van der Waals surface area contributed by atoms with E-state index in [1.54, 1.807) is 0 Å². The minimum absolute atomic E-state index is 0.0266. The standard InChI is InChI=1S/C30H43N7O2/c1-21(12-16-32-29(38)28-22(2)33-20-34-23(28)3)35-17-13-25(14-18-35)37-27(26-11-7-8-15-31-26)19-36(30(37)39)24-9-5-4-6-10-24/h7-8,11,15,20-21,24-25,27H,4-6,9-10,12-14,16-19H2,1-3H3,(H,32,38). The number of aryl methyl sites for hydroxylation is 2. The van der Waals surface area contributed by atoms with Crippen LogP contribution in [-0.4, -0.2) is 85.9 Å². The first-order valence-electron chi connectivity index (χ1n) is 14.7. The smallest absolute Gasteiger partial charge is 0.321 e. The molecule has 0 spiro atoms. The van der Waals surface area contributed by atoms with Crippen LogP contribution in [0, 0.1) is 13.8 Å². The number of carbonyl (C=O) groups is 2. The van der Waals surface area contributed by atoms with Crippen LogP contribution < -0.4 is 5.32 Å². The fourth-order valence-electron chi connectivity index (χ4n) is 6.74. The fraction of sp³-hybridized carbons (Fsp3) is 0.633. The molecule has 4 heterocycles. The maximum absolute atomic E-state index is 13.8. The second kappa shape index (κ2) is 12.4. The number of carbonyl (C=O) groups excluding carboxylic acids is 2. The van der Waals surface area contributed by atoms with Crippen molar-refractivity contribution in [2.24, 2.45) is 0 Å². The first-order chi connectivity index (χ1) is 18.9. The second-order valence-electron chi connectivity index (χ2n) is 11.5. The van der Waals surface area contributed by atoms with Crippen molar-refractivity contribution in [1.82, 2.24) is 35.0 Å². The molecule has 0 radical (unpaired) electrons. The number of aromatic nitrogens is 3. The Kier molecular flexibility index (Phi) is 8.75. The highest BCUT2D eigenvalue weighted by molar-refractivity contribution is 5.96. The number of nitrogens with zero attached hydrogens (tertiary/aromatic N) is 6. The van der Waals surface area contributed by atoms with Gasteiger partial charge in [-0.3, -0.25) is 9.78 Å². The van der Waals surface area contributed by atoms with Crippen molar-refractivity contribution in [2.75, 3.05) is 26.2 Å². The molecular formula is C30H43N7O2. The lowest BCUT2D eigenvalue weighted by Gasteiger charge is -2.41. The monoisotopic (exact) mass is 533 g/mol. The summed E-state index contributed by atoms with van der Waals surface area (Å²) >= 11 is 0. The molecule has 3 amide bonds. The molecule has 3 aliphatic rings. The number of hydrogen-bond acceptors (Lipinski definition) is 6. The molecule has 9 heteroatoms. The summed E-state index contributed by atoms with van der Waals surface area (Å²) in [5.41, 5.74) is 2.99. The van der Waals surface area contributed by atoms with Crippen LogP contribution in [0.1, 0.15) is 91.8 Å². The van der Waals surface area contributed by atoms with Crippen LogP contribution in [0.15, 0.2) is 30.7 Å². The number of rotatable bonds is 8. The molecule has 2 unspecified atom stereocenters. The van der Waals surface area contributed by atoms with E-state index in [1.807, 2.05) is 32.2 Å². The van der Waals surface area contributed by atoms with Gasteiger partial charge in [-0.15, -0.1) is 0 Å². The van der Waals surface area contributed by atoms with E-state index >= 15 is 0 Å². The lowest BCUT2D eigenvalue weighted by Crippen LogP contribution is -2.50. The van der Waals surface area contributed by atoms with Crippen molar-refractivity contribution in [2.45, 2.75) is 96.3 Å². The number of hydrogen-bond donors (Lipinski definition) is 1. The van der Waals surface area contributed by atoms with Crippen LogP contribution in [-0.2, 0) is 0 Å². The van der Waals surface area contributed by atoms with Crippen LogP contribution in [0.2, 0.25) is 0 Å². The highest BCUT2D eigenvalue weighted by Gasteiger charge is 2.45. The largest absolute Gasteiger partial charge is 0.352 e. The molecule has 2 aromatic heterocycles. The molecule has 0 aromatic carbocycles. The van der Waals surface area contributed by atoms with Crippen LogP contribution in [0.4, 0.5) is 4.79 Å². The number of nitrogens with one attached hydrogen (secondary N) is 1. The van der Waals surface area contributed by atoms with E-state index in [9.17, 15) is 9.59 Å². The molecule has 2 atom stereocenters. The normalized spacial score (nSPS) is 22.3. The van der Waals surface area contributed by atoms with Gasteiger partial charge in [0.1, 0.15) is 6.33 Å². The summed E-state index contributed by atoms with van der Waals surface area (Å²) in [4.78, 5) is 46.4. The predicted octanol–water partition coefficient (Wildman–Crippen LogP) is 4.27. The van der Waals surface area contributed by atoms with E-state index in [-0.39, 0.29) is 24.0 Å². The van der Waals surface area contributed by atoms with Gasteiger partial charge in [-0.2, -0.15) is 0 Å². The molecule has 39 heavy (non-hydrogen) atoms. The van der Waals surface area contributed by atoms with Crippen molar-refractivity contribution in [3.05, 3.63) is 53.4 Å². The molecular weight excluding hydrogens is 490 g/mol. The van der Waals surface area contributed by atoms with Crippen LogP contribution in [0.3, 0.4) is 0 Å². The van der Waals surface area contributed by atoms with Gasteiger partial charge >= 0.3 is 6.03 Å². The van der Waals surface area contributed by atoms with Crippen molar-refractivity contribution < 1.29 is 9.59 Å². The average molecular weight is 534 g/mol. The van der Waals surface area contributed by atoms with Gasteiger partial charge in [-0.1, -0.05) is 25.3 Å². The quantitative estimate of drug-likeness (QED) is 0.545. The Bertz CT molecular complexity index is 1110. The van der Waals surface area contributed by atoms with Gasteiger partial charge in [0, 0.05) is 50.5 Å².